The molecule has 0 saturated heterocycles. The van der Waals surface area contributed by atoms with Crippen LogP contribution < -0.4 is 11.1 Å². The number of amides is 1. The van der Waals surface area contributed by atoms with Gasteiger partial charge in [-0.3, -0.25) is 14.6 Å². The van der Waals surface area contributed by atoms with Crippen molar-refractivity contribution in [3.05, 3.63) is 72.1 Å². The van der Waals surface area contributed by atoms with E-state index in [4.69, 9.17) is 15.8 Å². The van der Waals surface area contributed by atoms with Crippen LogP contribution in [-0.2, 0) is 9.59 Å². The van der Waals surface area contributed by atoms with Gasteiger partial charge in [-0.1, -0.05) is 42.5 Å². The number of nitrogens with zero attached hydrogens (tertiary/aromatic N) is 2. The second-order valence-corrected chi connectivity index (χ2v) is 7.48. The number of carboxylic acid groups (broad SMARTS) is 1. The van der Waals surface area contributed by atoms with Crippen LogP contribution in [0.1, 0.15) is 23.6 Å². The van der Waals surface area contributed by atoms with Crippen molar-refractivity contribution >= 4 is 22.9 Å². The molecule has 1 unspecified atom stereocenters. The number of carbonyl (C=O) groups is 2. The van der Waals surface area contributed by atoms with Gasteiger partial charge in [-0.25, -0.2) is 4.98 Å². The topological polar surface area (TPSA) is 134 Å². The number of imidazole rings is 1. The van der Waals surface area contributed by atoms with Crippen LogP contribution in [-0.4, -0.2) is 38.0 Å². The quantitative estimate of drug-likeness (QED) is 0.397. The summed E-state index contributed by atoms with van der Waals surface area (Å²) in [5.74, 6) is -0.906. The number of hydrogen-bond acceptors (Lipinski definition) is 5. The van der Waals surface area contributed by atoms with Gasteiger partial charge < -0.3 is 21.1 Å². The lowest BCUT2D eigenvalue weighted by Gasteiger charge is -2.18. The van der Waals surface area contributed by atoms with Gasteiger partial charge in [-0.2, -0.15) is 0 Å². The molecule has 2 aromatic carbocycles. The zero-order valence-corrected chi connectivity index (χ0v) is 16.4. The molecule has 5 rings (SSSR count). The highest BCUT2D eigenvalue weighted by Gasteiger charge is 2.33. The Labute approximate surface area is 177 Å². The number of aromatic amines is 1. The third-order valence-electron chi connectivity index (χ3n) is 5.51. The molecular weight excluding hydrogens is 394 g/mol. The fourth-order valence-electron chi connectivity index (χ4n) is 4.12. The van der Waals surface area contributed by atoms with Crippen LogP contribution in [0.15, 0.2) is 60.9 Å². The largest absolute Gasteiger partial charge is 0.481 e. The molecule has 4 aromatic rings. The van der Waals surface area contributed by atoms with Crippen LogP contribution in [0.3, 0.4) is 0 Å². The van der Waals surface area contributed by atoms with Gasteiger partial charge in [0.15, 0.2) is 0 Å². The van der Waals surface area contributed by atoms with Crippen LogP contribution in [0.4, 0.5) is 0 Å². The zero-order valence-electron chi connectivity index (χ0n) is 16.4. The summed E-state index contributed by atoms with van der Waals surface area (Å²) in [7, 11) is 0. The van der Waals surface area contributed by atoms with E-state index in [0.29, 0.717) is 5.82 Å². The predicted octanol–water partition coefficient (Wildman–Crippen LogP) is 2.61. The van der Waals surface area contributed by atoms with E-state index in [9.17, 15) is 9.59 Å². The van der Waals surface area contributed by atoms with Crippen LogP contribution in [0.25, 0.3) is 33.5 Å². The van der Waals surface area contributed by atoms with Crippen molar-refractivity contribution in [3.63, 3.8) is 0 Å². The number of nitrogens with one attached hydrogen (secondary N) is 2. The van der Waals surface area contributed by atoms with Gasteiger partial charge in [0.2, 0.25) is 5.91 Å². The summed E-state index contributed by atoms with van der Waals surface area (Å²) in [5, 5.41) is 11.9. The van der Waals surface area contributed by atoms with E-state index in [-0.39, 0.29) is 0 Å². The Morgan fingerprint density at radius 2 is 1.87 bits per heavy atom. The van der Waals surface area contributed by atoms with Gasteiger partial charge in [0.25, 0.3) is 0 Å². The maximum Gasteiger partial charge on any atom is 0.305 e. The van der Waals surface area contributed by atoms with Crippen molar-refractivity contribution in [1.29, 1.82) is 0 Å². The Kier molecular flexibility index (Phi) is 4.48. The summed E-state index contributed by atoms with van der Waals surface area (Å²) < 4.78 is 0. The number of rotatable bonds is 5. The minimum Gasteiger partial charge on any atom is -0.481 e. The van der Waals surface area contributed by atoms with E-state index in [1.165, 1.54) is 0 Å². The molecule has 0 bridgehead atoms. The maximum atomic E-state index is 12.6. The monoisotopic (exact) mass is 413 g/mol. The normalized spacial score (nSPS) is 15.3. The minimum atomic E-state index is -1.13. The molecule has 0 aliphatic heterocycles. The summed E-state index contributed by atoms with van der Waals surface area (Å²) in [6.07, 6.45) is 3.00. The fraction of sp³-hybridized carbons (Fsp3) is 0.130. The summed E-state index contributed by atoms with van der Waals surface area (Å²) >= 11 is 0. The van der Waals surface area contributed by atoms with Gasteiger partial charge >= 0.3 is 5.97 Å². The minimum absolute atomic E-state index is 0.426. The Morgan fingerprint density at radius 1 is 1.10 bits per heavy atom. The van der Waals surface area contributed by atoms with Gasteiger partial charge in [0.05, 0.1) is 35.7 Å². The van der Waals surface area contributed by atoms with Crippen molar-refractivity contribution in [2.45, 2.75) is 18.5 Å². The predicted molar refractivity (Wildman–Crippen MR) is 115 cm³/mol. The molecule has 1 amide bonds. The summed E-state index contributed by atoms with van der Waals surface area (Å²) in [6.45, 7) is 0. The molecule has 8 nitrogen and oxygen atoms in total. The number of benzene rings is 2. The number of hydrogen-bond donors (Lipinski definition) is 4. The Morgan fingerprint density at radius 3 is 2.68 bits per heavy atom. The van der Waals surface area contributed by atoms with Crippen LogP contribution in [0.2, 0.25) is 0 Å². The lowest BCUT2D eigenvalue weighted by Crippen LogP contribution is -2.43. The third kappa shape index (κ3) is 3.23. The van der Waals surface area contributed by atoms with E-state index in [2.05, 4.69) is 15.3 Å². The molecule has 2 aromatic heterocycles. The zero-order chi connectivity index (χ0) is 21.5. The van der Waals surface area contributed by atoms with Crippen LogP contribution >= 0.6 is 0 Å². The van der Waals surface area contributed by atoms with Gasteiger partial charge in [-0.05, 0) is 28.3 Å². The molecule has 0 radical (unpaired) electrons. The first-order chi connectivity index (χ1) is 15.0. The summed E-state index contributed by atoms with van der Waals surface area (Å²) in [6, 6.07) is 14.0. The highest BCUT2D eigenvalue weighted by atomic mass is 16.4. The summed E-state index contributed by atoms with van der Waals surface area (Å²) in [5.41, 5.74) is 12.2. The molecule has 1 aliphatic rings. The number of H-pyrrole nitrogens is 1. The number of aromatic nitrogens is 3. The fourth-order valence-corrected chi connectivity index (χ4v) is 4.12. The van der Waals surface area contributed by atoms with E-state index in [1.807, 2.05) is 48.5 Å². The van der Waals surface area contributed by atoms with Crippen molar-refractivity contribution in [1.82, 2.24) is 20.3 Å². The van der Waals surface area contributed by atoms with Crippen LogP contribution in [0.5, 0.6) is 0 Å². The van der Waals surface area contributed by atoms with E-state index in [0.717, 1.165) is 38.9 Å². The number of aliphatic carboxylic acids is 1. The van der Waals surface area contributed by atoms with Crippen molar-refractivity contribution in [2.24, 2.45) is 5.73 Å². The summed E-state index contributed by atoms with van der Waals surface area (Å²) in [4.78, 5) is 35.7. The third-order valence-corrected chi connectivity index (χ3v) is 5.51. The number of fused-ring (bicyclic) bond motifs is 4. The first kappa shape index (κ1) is 19.0. The number of carboxylic acids is 1. The molecule has 8 heteroatoms. The van der Waals surface area contributed by atoms with E-state index in [1.54, 1.807) is 12.4 Å². The van der Waals surface area contributed by atoms with Crippen molar-refractivity contribution < 1.29 is 14.7 Å². The smallest absolute Gasteiger partial charge is 0.305 e. The van der Waals surface area contributed by atoms with Gasteiger partial charge in [-0.15, -0.1) is 0 Å². The molecule has 0 fully saturated rings. The van der Waals surface area contributed by atoms with E-state index < -0.39 is 30.4 Å². The Balaban J connectivity index is 1.60. The SMILES string of the molecule is N[C@@H](CC(=O)O)C(=O)NC1c2ccccc2-c2c(-c3nc4ccncc4[nH]3)cccc21. The van der Waals surface area contributed by atoms with Crippen molar-refractivity contribution in [3.8, 4) is 22.5 Å². The lowest BCUT2D eigenvalue weighted by molar-refractivity contribution is -0.139. The highest BCUT2D eigenvalue weighted by molar-refractivity contribution is 5.93. The highest BCUT2D eigenvalue weighted by Crippen LogP contribution is 2.47. The molecule has 5 N–H and O–H groups in total. The van der Waals surface area contributed by atoms with E-state index >= 15 is 0 Å². The number of carbonyl (C=O) groups excluding carboxylic acids is 1. The van der Waals surface area contributed by atoms with Gasteiger partial charge in [0, 0.05) is 11.8 Å². The number of nitrogens with two attached hydrogens (primary N) is 1. The average molecular weight is 413 g/mol. The molecule has 2 atom stereocenters. The maximum absolute atomic E-state index is 12.6. The lowest BCUT2D eigenvalue weighted by atomic mass is 9.98. The molecule has 31 heavy (non-hydrogen) atoms. The Bertz CT molecular complexity index is 1300. The molecule has 154 valence electrons. The molecule has 2 heterocycles. The van der Waals surface area contributed by atoms with Crippen molar-refractivity contribution in [2.75, 3.05) is 0 Å². The first-order valence-corrected chi connectivity index (χ1v) is 9.83. The standard InChI is InChI=1S/C23H19N5O3/c24-16(10-19(29)30)23(31)28-21-13-5-2-1-4-12(13)20-14(21)6-3-7-15(20)22-26-17-8-9-25-11-18(17)27-22/h1-9,11,16,21H,10,24H2,(H,26,27)(H,28,31)(H,29,30)/t16-,21?/m0/s1. The second-order valence-electron chi connectivity index (χ2n) is 7.48. The second kappa shape index (κ2) is 7.33. The number of pyridine rings is 1. The first-order valence-electron chi connectivity index (χ1n) is 9.83. The van der Waals surface area contributed by atoms with Crippen LogP contribution in [0, 0.1) is 0 Å². The Hall–Kier alpha value is -4.04. The van der Waals surface area contributed by atoms with Gasteiger partial charge in [0.1, 0.15) is 5.82 Å². The molecule has 0 saturated carbocycles. The molecular formula is C23H19N5O3. The average Bonchev–Trinajstić information content (AvgIpc) is 3.33. The molecule has 0 spiro atoms. The molecule has 1 aliphatic carbocycles.